The molecule has 3 N–H and O–H groups in total. The summed E-state index contributed by atoms with van der Waals surface area (Å²) in [5.41, 5.74) is 8.10. The molecule has 1 saturated heterocycles. The number of rotatable bonds is 9. The average molecular weight is 305 g/mol. The fraction of sp³-hybridized carbons (Fsp3) is 0.667. The van der Waals surface area contributed by atoms with Gasteiger partial charge in [-0.05, 0) is 26.0 Å². The molecule has 1 aliphatic rings. The van der Waals surface area contributed by atoms with Crippen LogP contribution < -0.4 is 20.9 Å². The third-order valence-corrected chi connectivity index (χ3v) is 4.43. The van der Waals surface area contributed by atoms with E-state index in [1.165, 1.54) is 18.4 Å². The number of hydrazine groups is 1. The van der Waals surface area contributed by atoms with E-state index in [4.69, 9.17) is 4.74 Å². The van der Waals surface area contributed by atoms with Gasteiger partial charge in [0.2, 0.25) is 0 Å². The van der Waals surface area contributed by atoms with E-state index in [2.05, 4.69) is 61.2 Å². The Morgan fingerprint density at radius 1 is 1.14 bits per heavy atom. The monoisotopic (exact) mass is 305 g/mol. The smallest absolute Gasteiger partial charge is 0.124 e. The molecule has 0 radical (unpaired) electrons. The van der Waals surface area contributed by atoms with E-state index in [-0.39, 0.29) is 6.04 Å². The number of nitrogens with one attached hydrogen (secondary N) is 3. The summed E-state index contributed by atoms with van der Waals surface area (Å²) in [7, 11) is 0. The Morgan fingerprint density at radius 3 is 2.73 bits per heavy atom. The maximum atomic E-state index is 6.05. The highest BCUT2D eigenvalue weighted by Gasteiger charge is 2.35. The molecule has 4 nitrogen and oxygen atoms in total. The Kier molecular flexibility index (Phi) is 7.16. The second-order valence-electron chi connectivity index (χ2n) is 6.12. The molecule has 2 rings (SSSR count). The van der Waals surface area contributed by atoms with Crippen molar-refractivity contribution in [3.63, 3.8) is 0 Å². The molecule has 3 unspecified atom stereocenters. The molecule has 1 aromatic carbocycles. The first-order chi connectivity index (χ1) is 10.8. The van der Waals surface area contributed by atoms with Gasteiger partial charge in [-0.25, -0.2) is 5.43 Å². The molecule has 124 valence electrons. The molecule has 1 aliphatic heterocycles. The van der Waals surface area contributed by atoms with Gasteiger partial charge in [0.25, 0.3) is 0 Å². The predicted octanol–water partition coefficient (Wildman–Crippen LogP) is 3.02. The molecule has 3 atom stereocenters. The molecular formula is C18H31N3O. The third-order valence-electron chi connectivity index (χ3n) is 4.43. The van der Waals surface area contributed by atoms with E-state index in [1.807, 2.05) is 0 Å². The van der Waals surface area contributed by atoms with Crippen molar-refractivity contribution in [1.29, 1.82) is 0 Å². The van der Waals surface area contributed by atoms with Gasteiger partial charge in [0.05, 0.1) is 12.6 Å². The quantitative estimate of drug-likeness (QED) is 0.614. The van der Waals surface area contributed by atoms with E-state index >= 15 is 0 Å². The zero-order chi connectivity index (χ0) is 15.8. The predicted molar refractivity (Wildman–Crippen MR) is 92.0 cm³/mol. The van der Waals surface area contributed by atoms with E-state index in [0.717, 1.165) is 31.9 Å². The molecular weight excluding hydrogens is 274 g/mol. The molecule has 0 amide bonds. The topological polar surface area (TPSA) is 45.3 Å². The van der Waals surface area contributed by atoms with Crippen molar-refractivity contribution in [3.05, 3.63) is 29.8 Å². The van der Waals surface area contributed by atoms with Gasteiger partial charge < -0.3 is 10.1 Å². The van der Waals surface area contributed by atoms with Crippen molar-refractivity contribution < 1.29 is 4.74 Å². The SMILES string of the molecule is CCCCCOc1ccccc1C1NNC(C)C1CNCC. The molecule has 0 aromatic heterocycles. The van der Waals surface area contributed by atoms with Gasteiger partial charge in [-0.1, -0.05) is 44.9 Å². The summed E-state index contributed by atoms with van der Waals surface area (Å²) in [6.45, 7) is 9.42. The van der Waals surface area contributed by atoms with Crippen LogP contribution in [0.25, 0.3) is 0 Å². The second kappa shape index (κ2) is 9.13. The van der Waals surface area contributed by atoms with Gasteiger partial charge in [0, 0.05) is 24.1 Å². The van der Waals surface area contributed by atoms with Gasteiger partial charge in [-0.3, -0.25) is 5.43 Å². The van der Waals surface area contributed by atoms with Gasteiger partial charge in [0.15, 0.2) is 0 Å². The molecule has 1 heterocycles. The highest BCUT2D eigenvalue weighted by Crippen LogP contribution is 2.34. The van der Waals surface area contributed by atoms with Crippen molar-refractivity contribution >= 4 is 0 Å². The average Bonchev–Trinajstić information content (AvgIpc) is 2.90. The Hall–Kier alpha value is -1.10. The Labute approximate surface area is 135 Å². The van der Waals surface area contributed by atoms with E-state index in [1.54, 1.807) is 0 Å². The van der Waals surface area contributed by atoms with Crippen LogP contribution in [0.1, 0.15) is 51.6 Å². The van der Waals surface area contributed by atoms with E-state index < -0.39 is 0 Å². The van der Waals surface area contributed by atoms with Crippen molar-refractivity contribution in [1.82, 2.24) is 16.2 Å². The first-order valence-electron chi connectivity index (χ1n) is 8.71. The molecule has 4 heteroatoms. The van der Waals surface area contributed by atoms with Gasteiger partial charge in [0.1, 0.15) is 5.75 Å². The summed E-state index contributed by atoms with van der Waals surface area (Å²) < 4.78 is 6.05. The lowest BCUT2D eigenvalue weighted by Gasteiger charge is -2.23. The first-order valence-corrected chi connectivity index (χ1v) is 8.71. The molecule has 0 spiro atoms. The van der Waals surface area contributed by atoms with Crippen molar-refractivity contribution in [2.75, 3.05) is 19.7 Å². The van der Waals surface area contributed by atoms with Crippen molar-refractivity contribution in [3.8, 4) is 5.75 Å². The molecule has 1 aromatic rings. The van der Waals surface area contributed by atoms with Crippen LogP contribution >= 0.6 is 0 Å². The van der Waals surface area contributed by atoms with Crippen LogP contribution in [0.15, 0.2) is 24.3 Å². The van der Waals surface area contributed by atoms with Crippen LogP contribution in [0.2, 0.25) is 0 Å². The highest BCUT2D eigenvalue weighted by atomic mass is 16.5. The lowest BCUT2D eigenvalue weighted by molar-refractivity contribution is 0.296. The maximum absolute atomic E-state index is 6.05. The summed E-state index contributed by atoms with van der Waals surface area (Å²) in [6, 6.07) is 9.17. The van der Waals surface area contributed by atoms with Crippen LogP contribution in [0.5, 0.6) is 5.75 Å². The number of ether oxygens (including phenoxy) is 1. The van der Waals surface area contributed by atoms with Gasteiger partial charge in [-0.2, -0.15) is 0 Å². The summed E-state index contributed by atoms with van der Waals surface area (Å²) in [5.74, 6) is 1.54. The fourth-order valence-electron chi connectivity index (χ4n) is 3.04. The molecule has 0 aliphatic carbocycles. The normalized spacial score (nSPS) is 24.6. The molecule has 0 saturated carbocycles. The summed E-state index contributed by atoms with van der Waals surface area (Å²) in [6.07, 6.45) is 3.57. The standard InChI is InChI=1S/C18H31N3O/c1-4-6-9-12-22-17-11-8-7-10-15(17)18-16(13-19-5-2)14(3)20-21-18/h7-8,10-11,14,16,18-21H,4-6,9,12-13H2,1-3H3. The number of hydrogen-bond acceptors (Lipinski definition) is 4. The van der Waals surface area contributed by atoms with Crippen LogP contribution in [0.4, 0.5) is 0 Å². The number of unbranched alkanes of at least 4 members (excludes halogenated alkanes) is 2. The van der Waals surface area contributed by atoms with Crippen molar-refractivity contribution in [2.24, 2.45) is 5.92 Å². The number of hydrogen-bond donors (Lipinski definition) is 3. The van der Waals surface area contributed by atoms with Crippen molar-refractivity contribution in [2.45, 2.75) is 52.1 Å². The Morgan fingerprint density at radius 2 is 1.95 bits per heavy atom. The van der Waals surface area contributed by atoms with Gasteiger partial charge in [-0.15, -0.1) is 0 Å². The van der Waals surface area contributed by atoms with Crippen LogP contribution in [0, 0.1) is 5.92 Å². The zero-order valence-corrected chi connectivity index (χ0v) is 14.2. The number of para-hydroxylation sites is 1. The summed E-state index contributed by atoms with van der Waals surface area (Å²) >= 11 is 0. The maximum Gasteiger partial charge on any atom is 0.124 e. The van der Waals surface area contributed by atoms with Crippen LogP contribution in [0.3, 0.4) is 0 Å². The van der Waals surface area contributed by atoms with Gasteiger partial charge >= 0.3 is 0 Å². The Balaban J connectivity index is 2.06. The minimum atomic E-state index is 0.288. The van der Waals surface area contributed by atoms with E-state index in [0.29, 0.717) is 12.0 Å². The Bertz CT molecular complexity index is 438. The third kappa shape index (κ3) is 4.45. The number of benzene rings is 1. The molecule has 22 heavy (non-hydrogen) atoms. The van der Waals surface area contributed by atoms with E-state index in [9.17, 15) is 0 Å². The molecule has 1 fully saturated rings. The summed E-state index contributed by atoms with van der Waals surface area (Å²) in [5, 5.41) is 3.48. The first kappa shape index (κ1) is 17.3. The lowest BCUT2D eigenvalue weighted by Crippen LogP contribution is -2.32. The van der Waals surface area contributed by atoms with Crippen LogP contribution in [-0.2, 0) is 0 Å². The largest absolute Gasteiger partial charge is 0.493 e. The highest BCUT2D eigenvalue weighted by molar-refractivity contribution is 5.37. The summed E-state index contributed by atoms with van der Waals surface area (Å²) in [4.78, 5) is 0. The minimum Gasteiger partial charge on any atom is -0.493 e. The molecule has 0 bridgehead atoms. The minimum absolute atomic E-state index is 0.288. The fourth-order valence-corrected chi connectivity index (χ4v) is 3.04. The van der Waals surface area contributed by atoms with Crippen LogP contribution in [-0.4, -0.2) is 25.7 Å². The zero-order valence-electron chi connectivity index (χ0n) is 14.2. The second-order valence-corrected chi connectivity index (χ2v) is 6.12. The lowest BCUT2D eigenvalue weighted by atomic mass is 9.89.